The molecule has 1 aromatic heterocycles. The van der Waals surface area contributed by atoms with E-state index >= 15 is 0 Å². The van der Waals surface area contributed by atoms with Crippen LogP contribution in [-0.4, -0.2) is 11.2 Å². The molecule has 0 amide bonds. The highest BCUT2D eigenvalue weighted by molar-refractivity contribution is 14.1. The normalized spacial score (nSPS) is 10.0. The fraction of sp³-hybridized carbons (Fsp3) is 0.143. The van der Waals surface area contributed by atoms with Crippen LogP contribution in [0.4, 0.5) is 5.69 Å². The Morgan fingerprint density at radius 3 is 2.85 bits per heavy atom. The number of pyridine rings is 1. The van der Waals surface area contributed by atoms with Gasteiger partial charge in [0.2, 0.25) is 0 Å². The van der Waals surface area contributed by atoms with Gasteiger partial charge in [-0.25, -0.2) is 0 Å². The molecule has 1 aromatic carbocycles. The number of ether oxygens (including phenoxy) is 1. The molecule has 2 aromatic rings. The number of anilines is 1. The zero-order chi connectivity index (χ0) is 14.5. The molecule has 0 spiro atoms. The highest BCUT2D eigenvalue weighted by Gasteiger charge is 2.08. The van der Waals surface area contributed by atoms with Crippen molar-refractivity contribution in [2.45, 2.75) is 6.54 Å². The lowest BCUT2D eigenvalue weighted by Crippen LogP contribution is -2.21. The standard InChI is InChI=1S/C14H12IN3O2/c15-11-7-10(9-16)8-12(17)14(11)20-6-5-18-4-2-1-3-13(18)19/h1-4,7-8H,5-6,17H2. The molecule has 6 heteroatoms. The Bertz CT molecular complexity index is 696. The van der Waals surface area contributed by atoms with E-state index in [1.54, 1.807) is 35.0 Å². The molecule has 0 aliphatic carbocycles. The van der Waals surface area contributed by atoms with E-state index in [-0.39, 0.29) is 5.56 Å². The number of benzene rings is 1. The third-order valence-electron chi connectivity index (χ3n) is 2.68. The SMILES string of the molecule is N#Cc1cc(N)c(OCCn2ccccc2=O)c(I)c1. The Morgan fingerprint density at radius 2 is 2.20 bits per heavy atom. The number of nitrogens with two attached hydrogens (primary N) is 1. The lowest BCUT2D eigenvalue weighted by molar-refractivity contribution is 0.296. The van der Waals surface area contributed by atoms with Gasteiger partial charge in [0.25, 0.3) is 5.56 Å². The van der Waals surface area contributed by atoms with Gasteiger partial charge in [0.15, 0.2) is 5.75 Å². The number of hydrogen-bond acceptors (Lipinski definition) is 4. The molecule has 20 heavy (non-hydrogen) atoms. The minimum absolute atomic E-state index is 0.0707. The van der Waals surface area contributed by atoms with Crippen molar-refractivity contribution in [2.24, 2.45) is 0 Å². The maximum Gasteiger partial charge on any atom is 0.250 e. The summed E-state index contributed by atoms with van der Waals surface area (Å²) in [7, 11) is 0. The van der Waals surface area contributed by atoms with Gasteiger partial charge in [0.05, 0.1) is 27.4 Å². The second kappa shape index (κ2) is 6.43. The highest BCUT2D eigenvalue weighted by Crippen LogP contribution is 2.29. The summed E-state index contributed by atoms with van der Waals surface area (Å²) in [6.45, 7) is 0.769. The van der Waals surface area contributed by atoms with Crippen molar-refractivity contribution in [1.82, 2.24) is 4.57 Å². The van der Waals surface area contributed by atoms with Gasteiger partial charge in [-0.3, -0.25) is 4.79 Å². The minimum atomic E-state index is -0.0707. The molecule has 0 radical (unpaired) electrons. The first-order valence-corrected chi connectivity index (χ1v) is 6.97. The van der Waals surface area contributed by atoms with Gasteiger partial charge in [0, 0.05) is 12.3 Å². The Kier molecular flexibility index (Phi) is 4.63. The molecule has 0 aliphatic heterocycles. The molecular formula is C14H12IN3O2. The van der Waals surface area contributed by atoms with Gasteiger partial charge in [-0.1, -0.05) is 6.07 Å². The fourth-order valence-electron chi connectivity index (χ4n) is 1.72. The van der Waals surface area contributed by atoms with Gasteiger partial charge in [0.1, 0.15) is 6.61 Å². The van der Waals surface area contributed by atoms with E-state index in [1.165, 1.54) is 6.07 Å². The summed E-state index contributed by atoms with van der Waals surface area (Å²) in [5, 5.41) is 8.84. The van der Waals surface area contributed by atoms with Crippen LogP contribution in [0.3, 0.4) is 0 Å². The predicted molar refractivity (Wildman–Crippen MR) is 84.5 cm³/mol. The Labute approximate surface area is 129 Å². The lowest BCUT2D eigenvalue weighted by atomic mass is 10.2. The van der Waals surface area contributed by atoms with Crippen LogP contribution in [0.25, 0.3) is 0 Å². The summed E-state index contributed by atoms with van der Waals surface area (Å²) in [5.74, 6) is 0.550. The topological polar surface area (TPSA) is 81.0 Å². The predicted octanol–water partition coefficient (Wildman–Crippen LogP) is 1.99. The van der Waals surface area contributed by atoms with Crippen LogP contribution in [-0.2, 0) is 6.54 Å². The summed E-state index contributed by atoms with van der Waals surface area (Å²) in [4.78, 5) is 11.5. The number of nitrogens with zero attached hydrogens (tertiary/aromatic N) is 2. The van der Waals surface area contributed by atoms with Crippen LogP contribution >= 0.6 is 22.6 Å². The molecule has 2 rings (SSSR count). The molecule has 1 heterocycles. The third kappa shape index (κ3) is 3.30. The van der Waals surface area contributed by atoms with Gasteiger partial charge in [-0.05, 0) is 40.8 Å². The van der Waals surface area contributed by atoms with Crippen LogP contribution in [0, 0.1) is 14.9 Å². The van der Waals surface area contributed by atoms with E-state index in [2.05, 4.69) is 22.6 Å². The van der Waals surface area contributed by atoms with Crippen LogP contribution in [0.1, 0.15) is 5.56 Å². The van der Waals surface area contributed by atoms with Crippen LogP contribution in [0.5, 0.6) is 5.75 Å². The second-order valence-corrected chi connectivity index (χ2v) is 5.23. The molecule has 0 aliphatic rings. The number of hydrogen-bond donors (Lipinski definition) is 1. The van der Waals surface area contributed by atoms with Crippen LogP contribution < -0.4 is 16.0 Å². The number of nitriles is 1. The summed E-state index contributed by atoms with van der Waals surface area (Å²) < 4.78 is 7.96. The smallest absolute Gasteiger partial charge is 0.250 e. The number of halogens is 1. The maximum atomic E-state index is 11.5. The molecule has 0 saturated heterocycles. The van der Waals surface area contributed by atoms with Gasteiger partial charge in [-0.2, -0.15) is 5.26 Å². The summed E-state index contributed by atoms with van der Waals surface area (Å²) in [6.07, 6.45) is 1.71. The van der Waals surface area contributed by atoms with Crippen molar-refractivity contribution in [1.29, 1.82) is 5.26 Å². The molecule has 0 atom stereocenters. The largest absolute Gasteiger partial charge is 0.488 e. The summed E-state index contributed by atoms with van der Waals surface area (Å²) in [5.41, 5.74) is 6.71. The molecule has 0 unspecified atom stereocenters. The van der Waals surface area contributed by atoms with Crippen LogP contribution in [0.15, 0.2) is 41.3 Å². The minimum Gasteiger partial charge on any atom is -0.488 e. The van der Waals surface area contributed by atoms with Gasteiger partial charge in [-0.15, -0.1) is 0 Å². The third-order valence-corrected chi connectivity index (χ3v) is 3.48. The first kappa shape index (κ1) is 14.4. The van der Waals surface area contributed by atoms with Gasteiger partial charge < -0.3 is 15.0 Å². The monoisotopic (exact) mass is 381 g/mol. The molecule has 0 saturated carbocycles. The van der Waals surface area contributed by atoms with E-state index < -0.39 is 0 Å². The van der Waals surface area contributed by atoms with Crippen molar-refractivity contribution < 1.29 is 4.74 Å². The van der Waals surface area contributed by atoms with Gasteiger partial charge >= 0.3 is 0 Å². The second-order valence-electron chi connectivity index (χ2n) is 4.07. The molecule has 2 N–H and O–H groups in total. The Morgan fingerprint density at radius 1 is 1.40 bits per heavy atom. The highest BCUT2D eigenvalue weighted by atomic mass is 127. The Balaban J connectivity index is 2.07. The van der Waals surface area contributed by atoms with E-state index in [1.807, 2.05) is 6.07 Å². The van der Waals surface area contributed by atoms with Crippen molar-refractivity contribution in [2.75, 3.05) is 12.3 Å². The van der Waals surface area contributed by atoms with E-state index in [9.17, 15) is 4.79 Å². The summed E-state index contributed by atoms with van der Waals surface area (Å²) >= 11 is 2.07. The average molecular weight is 381 g/mol. The summed E-state index contributed by atoms with van der Waals surface area (Å²) in [6, 6.07) is 10.3. The number of rotatable bonds is 4. The number of nitrogen functional groups attached to an aromatic ring is 1. The molecule has 0 fully saturated rings. The molecule has 0 bridgehead atoms. The van der Waals surface area contributed by atoms with Crippen molar-refractivity contribution in [3.8, 4) is 11.8 Å². The van der Waals surface area contributed by atoms with E-state index in [4.69, 9.17) is 15.7 Å². The zero-order valence-corrected chi connectivity index (χ0v) is 12.7. The zero-order valence-electron chi connectivity index (χ0n) is 10.5. The lowest BCUT2D eigenvalue weighted by Gasteiger charge is -2.12. The molecule has 102 valence electrons. The fourth-order valence-corrected chi connectivity index (χ4v) is 2.53. The van der Waals surface area contributed by atoms with E-state index in [0.717, 1.165) is 3.57 Å². The van der Waals surface area contributed by atoms with Crippen molar-refractivity contribution in [3.63, 3.8) is 0 Å². The quantitative estimate of drug-likeness (QED) is 0.649. The first-order valence-electron chi connectivity index (χ1n) is 5.89. The molecule has 5 nitrogen and oxygen atoms in total. The maximum absolute atomic E-state index is 11.5. The van der Waals surface area contributed by atoms with E-state index in [0.29, 0.717) is 30.2 Å². The average Bonchev–Trinajstić information content (AvgIpc) is 2.43. The molecular weight excluding hydrogens is 369 g/mol. The first-order chi connectivity index (χ1) is 9.61. The van der Waals surface area contributed by atoms with Crippen LogP contribution in [0.2, 0.25) is 0 Å². The van der Waals surface area contributed by atoms with Crippen molar-refractivity contribution in [3.05, 3.63) is 56.0 Å². The Hall–Kier alpha value is -2.01. The van der Waals surface area contributed by atoms with Crippen molar-refractivity contribution >= 4 is 28.3 Å². The number of aromatic nitrogens is 1.